The number of hydrogen-bond acceptors (Lipinski definition) is 5. The van der Waals surface area contributed by atoms with Crippen molar-refractivity contribution in [3.63, 3.8) is 0 Å². The lowest BCUT2D eigenvalue weighted by atomic mass is 9.95. The predicted molar refractivity (Wildman–Crippen MR) is 94.5 cm³/mol. The van der Waals surface area contributed by atoms with Gasteiger partial charge in [0.05, 0.1) is 5.56 Å². The van der Waals surface area contributed by atoms with Gasteiger partial charge < -0.3 is 9.47 Å². The zero-order valence-electron chi connectivity index (χ0n) is 15.0. The topological polar surface area (TPSA) is 87.7 Å². The summed E-state index contributed by atoms with van der Waals surface area (Å²) >= 11 is 0. The van der Waals surface area contributed by atoms with Crippen LogP contribution >= 0.6 is 0 Å². The first kappa shape index (κ1) is 16.7. The smallest absolute Gasteiger partial charge is 0.272 e. The van der Waals surface area contributed by atoms with Crippen molar-refractivity contribution in [2.24, 2.45) is 0 Å². The highest BCUT2D eigenvalue weighted by molar-refractivity contribution is 5.93. The van der Waals surface area contributed by atoms with Crippen LogP contribution in [-0.4, -0.2) is 43.6 Å². The van der Waals surface area contributed by atoms with Crippen molar-refractivity contribution in [3.8, 4) is 6.07 Å². The highest BCUT2D eigenvalue weighted by Crippen LogP contribution is 2.29. The van der Waals surface area contributed by atoms with E-state index in [0.717, 1.165) is 43.0 Å². The fourth-order valence-corrected chi connectivity index (χ4v) is 3.98. The van der Waals surface area contributed by atoms with Crippen molar-refractivity contribution in [1.29, 1.82) is 5.26 Å². The van der Waals surface area contributed by atoms with Crippen molar-refractivity contribution >= 4 is 5.91 Å². The SMILES string of the molecule is Cc1cc(C#N)cnc1C(=O)N1CCC(c2nnc3n2CCCC3)CC1. The van der Waals surface area contributed by atoms with E-state index in [1.807, 2.05) is 11.8 Å². The molecule has 0 bridgehead atoms. The summed E-state index contributed by atoms with van der Waals surface area (Å²) in [6.45, 7) is 4.25. The number of carbonyl (C=O) groups is 1. The molecule has 0 unspecified atom stereocenters. The van der Waals surface area contributed by atoms with E-state index in [-0.39, 0.29) is 5.91 Å². The van der Waals surface area contributed by atoms with E-state index in [1.54, 1.807) is 6.07 Å². The summed E-state index contributed by atoms with van der Waals surface area (Å²) in [4.78, 5) is 18.9. The average Bonchev–Trinajstić information content (AvgIpc) is 3.11. The highest BCUT2D eigenvalue weighted by atomic mass is 16.2. The summed E-state index contributed by atoms with van der Waals surface area (Å²) in [7, 11) is 0. The molecule has 7 nitrogen and oxygen atoms in total. The number of nitriles is 1. The first-order valence-corrected chi connectivity index (χ1v) is 9.25. The number of nitrogens with zero attached hydrogens (tertiary/aromatic N) is 6. The molecule has 0 N–H and O–H groups in total. The van der Waals surface area contributed by atoms with Gasteiger partial charge in [0.2, 0.25) is 0 Å². The average molecular weight is 350 g/mol. The van der Waals surface area contributed by atoms with Crippen LogP contribution in [0.15, 0.2) is 12.3 Å². The van der Waals surface area contributed by atoms with Crippen LogP contribution in [0.4, 0.5) is 0 Å². The maximum Gasteiger partial charge on any atom is 0.272 e. The maximum atomic E-state index is 12.8. The van der Waals surface area contributed by atoms with E-state index < -0.39 is 0 Å². The minimum absolute atomic E-state index is 0.0475. The molecule has 0 radical (unpaired) electrons. The molecule has 0 aromatic carbocycles. The Morgan fingerprint density at radius 1 is 1.23 bits per heavy atom. The Morgan fingerprint density at radius 2 is 2.04 bits per heavy atom. The Bertz CT molecular complexity index is 873. The quantitative estimate of drug-likeness (QED) is 0.828. The standard InChI is InChI=1S/C19H22N6O/c1-13-10-14(11-20)12-21-17(13)19(26)24-8-5-15(6-9-24)18-23-22-16-4-2-3-7-25(16)18/h10,12,15H,2-9H2,1H3. The molecule has 2 aliphatic heterocycles. The lowest BCUT2D eigenvalue weighted by Gasteiger charge is -2.32. The Labute approximate surface area is 152 Å². The monoisotopic (exact) mass is 350 g/mol. The minimum atomic E-state index is -0.0475. The van der Waals surface area contributed by atoms with E-state index in [9.17, 15) is 4.79 Å². The van der Waals surface area contributed by atoms with E-state index in [2.05, 4.69) is 25.8 Å². The van der Waals surface area contributed by atoms with Gasteiger partial charge in [0.15, 0.2) is 0 Å². The molecule has 4 heterocycles. The fourth-order valence-electron chi connectivity index (χ4n) is 3.98. The highest BCUT2D eigenvalue weighted by Gasteiger charge is 2.30. The van der Waals surface area contributed by atoms with Crippen LogP contribution in [0, 0.1) is 18.3 Å². The molecule has 1 saturated heterocycles. The lowest BCUT2D eigenvalue weighted by molar-refractivity contribution is 0.0703. The Kier molecular flexibility index (Phi) is 4.41. The second-order valence-electron chi connectivity index (χ2n) is 7.15. The van der Waals surface area contributed by atoms with E-state index in [4.69, 9.17) is 5.26 Å². The summed E-state index contributed by atoms with van der Waals surface area (Å²) < 4.78 is 2.29. The van der Waals surface area contributed by atoms with Crippen LogP contribution in [0.2, 0.25) is 0 Å². The first-order chi connectivity index (χ1) is 12.7. The third kappa shape index (κ3) is 2.96. The van der Waals surface area contributed by atoms with Crippen LogP contribution in [0.25, 0.3) is 0 Å². The molecular weight excluding hydrogens is 328 g/mol. The Balaban J connectivity index is 1.44. The van der Waals surface area contributed by atoms with E-state index >= 15 is 0 Å². The van der Waals surface area contributed by atoms with Crippen LogP contribution in [-0.2, 0) is 13.0 Å². The zero-order chi connectivity index (χ0) is 18.1. The van der Waals surface area contributed by atoms with Crippen LogP contribution in [0.3, 0.4) is 0 Å². The second kappa shape index (κ2) is 6.87. The third-order valence-corrected chi connectivity index (χ3v) is 5.45. The summed E-state index contributed by atoms with van der Waals surface area (Å²) in [5.41, 5.74) is 1.68. The van der Waals surface area contributed by atoms with Gasteiger partial charge in [0.1, 0.15) is 23.4 Å². The number of aromatic nitrogens is 4. The van der Waals surface area contributed by atoms with Crippen molar-refractivity contribution in [2.75, 3.05) is 13.1 Å². The normalized spacial score (nSPS) is 17.6. The molecular formula is C19H22N6O. The number of fused-ring (bicyclic) bond motifs is 1. The zero-order valence-corrected chi connectivity index (χ0v) is 15.0. The molecule has 1 amide bonds. The van der Waals surface area contributed by atoms with Crippen molar-refractivity contribution in [2.45, 2.75) is 51.5 Å². The molecule has 4 rings (SSSR count). The molecule has 1 fully saturated rings. The summed E-state index contributed by atoms with van der Waals surface area (Å²) in [6, 6.07) is 3.77. The molecule has 2 aromatic heterocycles. The van der Waals surface area contributed by atoms with Crippen molar-refractivity contribution < 1.29 is 4.79 Å². The summed E-state index contributed by atoms with van der Waals surface area (Å²) in [6.07, 6.45) is 6.68. The second-order valence-corrected chi connectivity index (χ2v) is 7.15. The first-order valence-electron chi connectivity index (χ1n) is 9.25. The van der Waals surface area contributed by atoms with Crippen molar-refractivity contribution in [3.05, 3.63) is 40.7 Å². The molecule has 2 aliphatic rings. The third-order valence-electron chi connectivity index (χ3n) is 5.45. The number of aryl methyl sites for hydroxylation is 2. The van der Waals surface area contributed by atoms with Crippen LogP contribution in [0.5, 0.6) is 0 Å². The Hall–Kier alpha value is -2.75. The molecule has 0 atom stereocenters. The number of piperidine rings is 1. The maximum absolute atomic E-state index is 12.8. The van der Waals surface area contributed by atoms with Crippen molar-refractivity contribution in [1.82, 2.24) is 24.6 Å². The Morgan fingerprint density at radius 3 is 2.77 bits per heavy atom. The van der Waals surface area contributed by atoms with Gasteiger partial charge >= 0.3 is 0 Å². The molecule has 134 valence electrons. The van der Waals surface area contributed by atoms with Gasteiger partial charge in [-0.05, 0) is 44.2 Å². The van der Waals surface area contributed by atoms with E-state index in [0.29, 0.717) is 30.3 Å². The number of pyridine rings is 1. The van der Waals surface area contributed by atoms with Crippen LogP contribution < -0.4 is 0 Å². The summed E-state index contributed by atoms with van der Waals surface area (Å²) in [5.74, 6) is 2.53. The van der Waals surface area contributed by atoms with E-state index in [1.165, 1.54) is 19.0 Å². The fraction of sp³-hybridized carbons (Fsp3) is 0.526. The largest absolute Gasteiger partial charge is 0.337 e. The molecule has 7 heteroatoms. The lowest BCUT2D eigenvalue weighted by Crippen LogP contribution is -2.39. The molecule has 2 aromatic rings. The van der Waals surface area contributed by atoms with Gasteiger partial charge in [-0.25, -0.2) is 4.98 Å². The van der Waals surface area contributed by atoms with Gasteiger partial charge in [0.25, 0.3) is 5.91 Å². The number of likely N-dealkylation sites (tertiary alicyclic amines) is 1. The molecule has 26 heavy (non-hydrogen) atoms. The van der Waals surface area contributed by atoms with Gasteiger partial charge in [-0.15, -0.1) is 10.2 Å². The van der Waals surface area contributed by atoms with Gasteiger partial charge in [-0.3, -0.25) is 4.79 Å². The number of amides is 1. The minimum Gasteiger partial charge on any atom is -0.337 e. The van der Waals surface area contributed by atoms with Gasteiger partial charge in [-0.1, -0.05) is 0 Å². The van der Waals surface area contributed by atoms with Gasteiger partial charge in [0, 0.05) is 38.2 Å². The van der Waals surface area contributed by atoms with Crippen LogP contribution in [0.1, 0.15) is 64.9 Å². The van der Waals surface area contributed by atoms with Gasteiger partial charge in [-0.2, -0.15) is 5.26 Å². The summed E-state index contributed by atoms with van der Waals surface area (Å²) in [5, 5.41) is 17.8. The number of carbonyl (C=O) groups excluding carboxylic acids is 1. The number of hydrogen-bond donors (Lipinski definition) is 0. The number of rotatable bonds is 2. The molecule has 0 aliphatic carbocycles. The predicted octanol–water partition coefficient (Wildman–Crippen LogP) is 2.21. The molecule has 0 saturated carbocycles. The molecule has 0 spiro atoms.